The number of piperazine rings is 1. The van der Waals surface area contributed by atoms with Gasteiger partial charge in [-0.1, -0.05) is 18.2 Å². The van der Waals surface area contributed by atoms with E-state index in [1.165, 1.54) is 12.1 Å². The second-order valence-corrected chi connectivity index (χ2v) is 11.1. The van der Waals surface area contributed by atoms with E-state index in [2.05, 4.69) is 16.8 Å². The predicted molar refractivity (Wildman–Crippen MR) is 105 cm³/mol. The van der Waals surface area contributed by atoms with Crippen molar-refractivity contribution in [2.75, 3.05) is 45.7 Å². The van der Waals surface area contributed by atoms with Crippen LogP contribution in [0.4, 0.5) is 0 Å². The number of ether oxygens (including phenoxy) is 1. The summed E-state index contributed by atoms with van der Waals surface area (Å²) < 4.78 is 29.6. The Morgan fingerprint density at radius 1 is 1.15 bits per heavy atom. The van der Waals surface area contributed by atoms with Crippen LogP contribution in [-0.4, -0.2) is 69.9 Å². The molecule has 6 nitrogen and oxygen atoms in total. The molecule has 0 amide bonds. The minimum Gasteiger partial charge on any atom is -0.453 e. The van der Waals surface area contributed by atoms with Crippen LogP contribution in [0, 0.1) is 5.41 Å². The summed E-state index contributed by atoms with van der Waals surface area (Å²) in [5.41, 5.74) is -0.638. The van der Waals surface area contributed by atoms with E-state index in [0.717, 1.165) is 32.7 Å². The lowest BCUT2D eigenvalue weighted by Crippen LogP contribution is -2.45. The van der Waals surface area contributed by atoms with Crippen LogP contribution in [0.3, 0.4) is 0 Å². The number of hydrogen-bond donors (Lipinski definition) is 0. The van der Waals surface area contributed by atoms with Gasteiger partial charge in [-0.25, -0.2) is 8.42 Å². The number of benzene rings is 1. The molecule has 1 aliphatic rings. The fraction of sp³-hybridized carbons (Fsp3) is 0.611. The number of nitrogens with zero attached hydrogens (tertiary/aromatic N) is 2. The Bertz CT molecular complexity index is 684. The molecule has 0 spiro atoms. The van der Waals surface area contributed by atoms with E-state index in [0.29, 0.717) is 17.2 Å². The van der Waals surface area contributed by atoms with E-state index >= 15 is 0 Å². The fourth-order valence-electron chi connectivity index (χ4n) is 2.60. The van der Waals surface area contributed by atoms with Crippen molar-refractivity contribution in [2.45, 2.75) is 25.2 Å². The maximum Gasteiger partial charge on any atom is 0.312 e. The van der Waals surface area contributed by atoms with Gasteiger partial charge >= 0.3 is 5.97 Å². The molecule has 1 heterocycles. The third kappa shape index (κ3) is 6.26. The van der Waals surface area contributed by atoms with E-state index in [-0.39, 0.29) is 16.8 Å². The summed E-state index contributed by atoms with van der Waals surface area (Å²) in [7, 11) is -0.763. The van der Waals surface area contributed by atoms with Crippen LogP contribution in [0.1, 0.15) is 20.3 Å². The normalized spacial score (nSPS) is 17.2. The second-order valence-electron chi connectivity index (χ2n) is 7.21. The van der Waals surface area contributed by atoms with Crippen LogP contribution in [0.25, 0.3) is 0 Å². The molecule has 0 radical (unpaired) electrons. The predicted octanol–water partition coefficient (Wildman–Crippen LogP) is 2.27. The second kappa shape index (κ2) is 9.21. The van der Waals surface area contributed by atoms with Gasteiger partial charge in [0.2, 0.25) is 8.87 Å². The highest BCUT2D eigenvalue weighted by molar-refractivity contribution is 8.72. The summed E-state index contributed by atoms with van der Waals surface area (Å²) in [6, 6.07) is 8.16. The van der Waals surface area contributed by atoms with E-state index in [9.17, 15) is 13.2 Å². The van der Waals surface area contributed by atoms with Crippen molar-refractivity contribution < 1.29 is 17.9 Å². The van der Waals surface area contributed by atoms with Gasteiger partial charge in [0.1, 0.15) is 0 Å². The largest absolute Gasteiger partial charge is 0.453 e. The lowest BCUT2D eigenvalue weighted by molar-refractivity contribution is -0.152. The molecule has 1 fully saturated rings. The van der Waals surface area contributed by atoms with Gasteiger partial charge in [0.25, 0.3) is 0 Å². The molecule has 0 bridgehead atoms. The van der Waals surface area contributed by atoms with Gasteiger partial charge in [0.05, 0.1) is 10.3 Å². The molecule has 0 atom stereocenters. The zero-order chi connectivity index (χ0) is 19.2. The Balaban J connectivity index is 1.77. The standard InChI is InChI=1S/C18H28N2O4S2/c1-18(2,9-10-20-13-11-19(3)12-14-20)17(21)24-15-25-26(22,23)16-7-5-4-6-8-16/h4-8H,9-15H2,1-3H3. The van der Waals surface area contributed by atoms with Crippen LogP contribution >= 0.6 is 10.8 Å². The van der Waals surface area contributed by atoms with Gasteiger partial charge in [-0.15, -0.1) is 0 Å². The number of carbonyl (C=O) groups is 1. The first kappa shape index (κ1) is 21.2. The van der Waals surface area contributed by atoms with Crippen LogP contribution in [0.15, 0.2) is 35.2 Å². The Hall–Kier alpha value is -1.09. The average molecular weight is 401 g/mol. The SMILES string of the molecule is CN1CCN(CCC(C)(C)C(=O)OCSS(=O)(=O)c2ccccc2)CC1. The molecular formula is C18H28N2O4S2. The molecular weight excluding hydrogens is 372 g/mol. The van der Waals surface area contributed by atoms with Gasteiger partial charge < -0.3 is 14.5 Å². The maximum atomic E-state index is 12.4. The van der Waals surface area contributed by atoms with Crippen molar-refractivity contribution in [1.82, 2.24) is 9.80 Å². The first-order chi connectivity index (χ1) is 12.2. The maximum absolute atomic E-state index is 12.4. The molecule has 1 saturated heterocycles. The molecule has 0 saturated carbocycles. The highest BCUT2D eigenvalue weighted by Crippen LogP contribution is 2.27. The molecule has 1 aromatic rings. The number of esters is 1. The molecule has 0 aliphatic carbocycles. The summed E-state index contributed by atoms with van der Waals surface area (Å²) in [6.45, 7) is 8.63. The first-order valence-corrected chi connectivity index (χ1v) is 11.7. The Kier molecular flexibility index (Phi) is 7.52. The molecule has 8 heteroatoms. The molecule has 26 heavy (non-hydrogen) atoms. The highest BCUT2D eigenvalue weighted by Gasteiger charge is 2.30. The summed E-state index contributed by atoms with van der Waals surface area (Å²) in [4.78, 5) is 17.2. The van der Waals surface area contributed by atoms with Crippen molar-refractivity contribution in [3.05, 3.63) is 30.3 Å². The fourth-order valence-corrected chi connectivity index (χ4v) is 4.78. The average Bonchev–Trinajstić information content (AvgIpc) is 2.62. The Morgan fingerprint density at radius 3 is 2.38 bits per heavy atom. The molecule has 0 aromatic heterocycles. The zero-order valence-corrected chi connectivity index (χ0v) is 17.3. The summed E-state index contributed by atoms with van der Waals surface area (Å²) in [5.74, 6) is -0.559. The lowest BCUT2D eigenvalue weighted by Gasteiger charge is -2.34. The smallest absolute Gasteiger partial charge is 0.312 e. The topological polar surface area (TPSA) is 66.9 Å². The van der Waals surface area contributed by atoms with E-state index < -0.39 is 14.3 Å². The van der Waals surface area contributed by atoms with E-state index in [1.54, 1.807) is 18.2 Å². The van der Waals surface area contributed by atoms with E-state index in [1.807, 2.05) is 13.8 Å². The van der Waals surface area contributed by atoms with Crippen LogP contribution < -0.4 is 0 Å². The summed E-state index contributed by atoms with van der Waals surface area (Å²) >= 11 is 0. The summed E-state index contributed by atoms with van der Waals surface area (Å²) in [5, 5.41) is 0. The van der Waals surface area contributed by atoms with Crippen molar-refractivity contribution in [2.24, 2.45) is 5.41 Å². The third-order valence-electron chi connectivity index (χ3n) is 4.63. The monoisotopic (exact) mass is 400 g/mol. The number of hydrogen-bond acceptors (Lipinski definition) is 7. The van der Waals surface area contributed by atoms with E-state index in [4.69, 9.17) is 4.74 Å². The van der Waals surface area contributed by atoms with Crippen molar-refractivity contribution in [3.8, 4) is 0 Å². The van der Waals surface area contributed by atoms with Crippen LogP contribution in [0.2, 0.25) is 0 Å². The Labute approximate surface area is 160 Å². The van der Waals surface area contributed by atoms with Crippen LogP contribution in [0.5, 0.6) is 0 Å². The minimum absolute atomic E-state index is 0.200. The third-order valence-corrected chi connectivity index (χ3v) is 7.80. The number of carbonyl (C=O) groups excluding carboxylic acids is 1. The molecule has 0 N–H and O–H groups in total. The number of likely N-dealkylation sites (N-methyl/N-ethyl adjacent to an activating group) is 1. The Morgan fingerprint density at radius 2 is 1.77 bits per heavy atom. The van der Waals surface area contributed by atoms with Crippen molar-refractivity contribution in [3.63, 3.8) is 0 Å². The quantitative estimate of drug-likeness (QED) is 0.377. The summed E-state index contributed by atoms with van der Waals surface area (Å²) in [6.07, 6.45) is 0.686. The van der Waals surface area contributed by atoms with Gasteiger partial charge in [0, 0.05) is 37.0 Å². The van der Waals surface area contributed by atoms with Crippen LogP contribution in [-0.2, 0) is 18.4 Å². The van der Waals surface area contributed by atoms with Crippen molar-refractivity contribution >= 4 is 25.6 Å². The molecule has 146 valence electrons. The highest BCUT2D eigenvalue weighted by atomic mass is 33.1. The van der Waals surface area contributed by atoms with Gasteiger partial charge in [-0.2, -0.15) is 0 Å². The van der Waals surface area contributed by atoms with Gasteiger partial charge in [-0.3, -0.25) is 4.79 Å². The zero-order valence-electron chi connectivity index (χ0n) is 15.7. The first-order valence-electron chi connectivity index (χ1n) is 8.73. The minimum atomic E-state index is -3.51. The lowest BCUT2D eigenvalue weighted by atomic mass is 9.89. The molecule has 2 rings (SSSR count). The number of rotatable bonds is 8. The van der Waals surface area contributed by atoms with Gasteiger partial charge in [0.15, 0.2) is 5.94 Å². The molecule has 1 aromatic carbocycles. The molecule has 1 aliphatic heterocycles. The van der Waals surface area contributed by atoms with Gasteiger partial charge in [-0.05, 0) is 46.0 Å². The van der Waals surface area contributed by atoms with Crippen molar-refractivity contribution in [1.29, 1.82) is 0 Å². The molecule has 0 unspecified atom stereocenters.